The van der Waals surface area contributed by atoms with Gasteiger partial charge < -0.3 is 15.5 Å². The minimum Gasteiger partial charge on any atom is -0.507 e. The summed E-state index contributed by atoms with van der Waals surface area (Å²) in [7, 11) is 0. The summed E-state index contributed by atoms with van der Waals surface area (Å²) in [6, 6.07) is 12.3. The number of rotatable bonds is 4. The standard InChI is InChI=1S/C18H12BrCl2NO3/c19-18-12-3-1-2-11(10(12)4-5-15(18)23)17-13(20)6-9(7-14(17)21)22-8-16(24)25/h1-7,22-23H,8H2,(H,24,25). The van der Waals surface area contributed by atoms with E-state index in [0.717, 1.165) is 16.3 Å². The summed E-state index contributed by atoms with van der Waals surface area (Å²) in [6.45, 7) is -0.230. The molecule has 0 atom stereocenters. The molecule has 4 nitrogen and oxygen atoms in total. The number of fused-ring (bicyclic) bond motifs is 1. The van der Waals surface area contributed by atoms with Gasteiger partial charge >= 0.3 is 5.97 Å². The number of nitrogens with one attached hydrogen (secondary N) is 1. The highest BCUT2D eigenvalue weighted by Gasteiger charge is 2.15. The summed E-state index contributed by atoms with van der Waals surface area (Å²) in [4.78, 5) is 10.7. The van der Waals surface area contributed by atoms with Crippen LogP contribution < -0.4 is 5.32 Å². The van der Waals surface area contributed by atoms with E-state index in [9.17, 15) is 9.90 Å². The molecule has 0 fully saturated rings. The Kier molecular flexibility index (Phi) is 5.08. The first kappa shape index (κ1) is 17.9. The van der Waals surface area contributed by atoms with Gasteiger partial charge in [-0.3, -0.25) is 4.79 Å². The van der Waals surface area contributed by atoms with E-state index in [4.69, 9.17) is 28.3 Å². The van der Waals surface area contributed by atoms with E-state index in [0.29, 0.717) is 25.8 Å². The predicted molar refractivity (Wildman–Crippen MR) is 105 cm³/mol. The van der Waals surface area contributed by atoms with Crippen molar-refractivity contribution in [2.24, 2.45) is 0 Å². The predicted octanol–water partition coefficient (Wildman–Crippen LogP) is 5.78. The van der Waals surface area contributed by atoms with Gasteiger partial charge in [0.25, 0.3) is 0 Å². The fourth-order valence-electron chi connectivity index (χ4n) is 2.64. The molecule has 0 aliphatic carbocycles. The van der Waals surface area contributed by atoms with Gasteiger partial charge in [0.1, 0.15) is 12.3 Å². The fraction of sp³-hybridized carbons (Fsp3) is 0.0556. The van der Waals surface area contributed by atoms with Crippen LogP contribution >= 0.6 is 39.1 Å². The summed E-state index contributed by atoms with van der Waals surface area (Å²) >= 11 is 16.2. The van der Waals surface area contributed by atoms with Crippen LogP contribution in [0.3, 0.4) is 0 Å². The van der Waals surface area contributed by atoms with E-state index >= 15 is 0 Å². The maximum Gasteiger partial charge on any atom is 0.322 e. The van der Waals surface area contributed by atoms with Gasteiger partial charge in [0.2, 0.25) is 0 Å². The topological polar surface area (TPSA) is 69.6 Å². The van der Waals surface area contributed by atoms with Crippen molar-refractivity contribution in [2.45, 2.75) is 0 Å². The lowest BCUT2D eigenvalue weighted by Gasteiger charge is -2.14. The molecular formula is C18H12BrCl2NO3. The lowest BCUT2D eigenvalue weighted by molar-refractivity contribution is -0.134. The zero-order valence-corrected chi connectivity index (χ0v) is 15.8. The first-order chi connectivity index (χ1) is 11.9. The highest BCUT2D eigenvalue weighted by molar-refractivity contribution is 9.10. The lowest BCUT2D eigenvalue weighted by atomic mass is 9.97. The third kappa shape index (κ3) is 3.54. The van der Waals surface area contributed by atoms with Gasteiger partial charge in [-0.05, 0) is 51.1 Å². The van der Waals surface area contributed by atoms with E-state index < -0.39 is 5.97 Å². The molecule has 3 rings (SSSR count). The molecule has 0 aliphatic heterocycles. The van der Waals surface area contributed by atoms with Crippen molar-refractivity contribution in [3.63, 3.8) is 0 Å². The number of phenols is 1. The van der Waals surface area contributed by atoms with Crippen LogP contribution in [-0.2, 0) is 4.79 Å². The van der Waals surface area contributed by atoms with Gasteiger partial charge in [0.15, 0.2) is 0 Å². The van der Waals surface area contributed by atoms with Crippen LogP contribution in [0.25, 0.3) is 21.9 Å². The third-order valence-corrected chi connectivity index (χ3v) is 5.16. The Morgan fingerprint density at radius 1 is 1.08 bits per heavy atom. The molecular weight excluding hydrogens is 429 g/mol. The smallest absolute Gasteiger partial charge is 0.322 e. The maximum atomic E-state index is 10.7. The number of carboxylic acids is 1. The molecule has 0 spiro atoms. The zero-order chi connectivity index (χ0) is 18.1. The number of carboxylic acid groups (broad SMARTS) is 1. The van der Waals surface area contributed by atoms with Gasteiger partial charge in [0.05, 0.1) is 14.5 Å². The molecule has 0 bridgehead atoms. The SMILES string of the molecule is O=C(O)CNc1cc(Cl)c(-c2cccc3c(Br)c(O)ccc23)c(Cl)c1. The number of anilines is 1. The molecule has 0 heterocycles. The molecule has 0 amide bonds. The van der Waals surface area contributed by atoms with Crippen LogP contribution in [0.4, 0.5) is 5.69 Å². The van der Waals surface area contributed by atoms with E-state index in [-0.39, 0.29) is 12.3 Å². The van der Waals surface area contributed by atoms with E-state index in [1.54, 1.807) is 24.3 Å². The number of benzene rings is 3. The molecule has 25 heavy (non-hydrogen) atoms. The summed E-state index contributed by atoms with van der Waals surface area (Å²) in [6.07, 6.45) is 0. The maximum absolute atomic E-state index is 10.7. The average Bonchev–Trinajstić information content (AvgIpc) is 2.56. The van der Waals surface area contributed by atoms with Crippen molar-refractivity contribution in [1.82, 2.24) is 0 Å². The molecule has 128 valence electrons. The van der Waals surface area contributed by atoms with Crippen molar-refractivity contribution in [3.05, 3.63) is 57.0 Å². The average molecular weight is 441 g/mol. The Balaban J connectivity index is 2.15. The molecule has 3 aromatic carbocycles. The molecule has 0 aromatic heterocycles. The van der Waals surface area contributed by atoms with Crippen molar-refractivity contribution >= 4 is 61.6 Å². The van der Waals surface area contributed by atoms with Crippen molar-refractivity contribution in [1.29, 1.82) is 0 Å². The Morgan fingerprint density at radius 2 is 1.76 bits per heavy atom. The van der Waals surface area contributed by atoms with E-state index in [1.807, 2.05) is 18.2 Å². The minimum atomic E-state index is -0.977. The van der Waals surface area contributed by atoms with Crippen molar-refractivity contribution in [2.75, 3.05) is 11.9 Å². The Labute approximate surface area is 162 Å². The minimum absolute atomic E-state index is 0.148. The van der Waals surface area contributed by atoms with E-state index in [2.05, 4.69) is 21.2 Å². The number of hydrogen-bond acceptors (Lipinski definition) is 3. The molecule has 7 heteroatoms. The summed E-state index contributed by atoms with van der Waals surface area (Å²) in [5.74, 6) is -0.829. The molecule has 0 unspecified atom stereocenters. The first-order valence-electron chi connectivity index (χ1n) is 7.23. The Bertz CT molecular complexity index is 968. The lowest BCUT2D eigenvalue weighted by Crippen LogP contribution is -2.12. The second-order valence-electron chi connectivity index (χ2n) is 5.36. The van der Waals surface area contributed by atoms with Crippen molar-refractivity contribution in [3.8, 4) is 16.9 Å². The second-order valence-corrected chi connectivity index (χ2v) is 6.97. The van der Waals surface area contributed by atoms with Crippen LogP contribution in [0, 0.1) is 0 Å². The van der Waals surface area contributed by atoms with Crippen molar-refractivity contribution < 1.29 is 15.0 Å². The van der Waals surface area contributed by atoms with Crippen LogP contribution in [-0.4, -0.2) is 22.7 Å². The summed E-state index contributed by atoms with van der Waals surface area (Å²) in [5.41, 5.74) is 1.99. The highest BCUT2D eigenvalue weighted by atomic mass is 79.9. The Morgan fingerprint density at radius 3 is 2.40 bits per heavy atom. The number of phenolic OH excluding ortho intramolecular Hbond substituents is 1. The van der Waals surface area contributed by atoms with Gasteiger partial charge in [-0.15, -0.1) is 0 Å². The number of halogens is 3. The number of hydrogen-bond donors (Lipinski definition) is 3. The molecule has 0 aliphatic rings. The van der Waals surface area contributed by atoms with Crippen LogP contribution in [0.1, 0.15) is 0 Å². The molecule has 0 saturated heterocycles. The number of aromatic hydroxyl groups is 1. The van der Waals surface area contributed by atoms with Crippen LogP contribution in [0.15, 0.2) is 46.9 Å². The van der Waals surface area contributed by atoms with Gasteiger partial charge in [0, 0.05) is 16.6 Å². The summed E-state index contributed by atoms with van der Waals surface area (Å²) in [5, 5.41) is 23.9. The van der Waals surface area contributed by atoms with Gasteiger partial charge in [-0.2, -0.15) is 0 Å². The van der Waals surface area contributed by atoms with Gasteiger partial charge in [-0.25, -0.2) is 0 Å². The third-order valence-electron chi connectivity index (χ3n) is 3.73. The normalized spacial score (nSPS) is 10.8. The second kappa shape index (κ2) is 7.12. The fourth-order valence-corrected chi connectivity index (χ4v) is 3.81. The van der Waals surface area contributed by atoms with E-state index in [1.165, 1.54) is 0 Å². The molecule has 0 radical (unpaired) electrons. The van der Waals surface area contributed by atoms with Crippen LogP contribution in [0.2, 0.25) is 10.0 Å². The van der Waals surface area contributed by atoms with Crippen LogP contribution in [0.5, 0.6) is 5.75 Å². The highest BCUT2D eigenvalue weighted by Crippen LogP contribution is 2.43. The van der Waals surface area contributed by atoms with Gasteiger partial charge in [-0.1, -0.05) is 41.4 Å². The zero-order valence-electron chi connectivity index (χ0n) is 12.7. The first-order valence-corrected chi connectivity index (χ1v) is 8.78. The molecule has 0 saturated carbocycles. The summed E-state index contributed by atoms with van der Waals surface area (Å²) < 4.78 is 0.596. The Hall–Kier alpha value is -1.95. The monoisotopic (exact) mass is 439 g/mol. The largest absolute Gasteiger partial charge is 0.507 e. The molecule has 3 N–H and O–H groups in total. The molecule has 3 aromatic rings. The number of aliphatic carboxylic acids is 1. The number of carbonyl (C=O) groups is 1. The quantitative estimate of drug-likeness (QED) is 0.481.